The second-order valence-electron chi connectivity index (χ2n) is 8.34. The largest absolute Gasteiger partial charge is 0.318 e. The predicted octanol–water partition coefficient (Wildman–Crippen LogP) is 5.61. The molecule has 0 spiro atoms. The first-order valence-electron chi connectivity index (χ1n) is 10.5. The van der Waals surface area contributed by atoms with Crippen LogP contribution < -0.4 is 10.2 Å². The van der Waals surface area contributed by atoms with Crippen LogP contribution in [0.5, 0.6) is 0 Å². The van der Waals surface area contributed by atoms with Gasteiger partial charge in [0, 0.05) is 21.5 Å². The molecule has 33 heavy (non-hydrogen) atoms. The summed E-state index contributed by atoms with van der Waals surface area (Å²) >= 11 is 8.91. The Morgan fingerprint density at radius 2 is 1.67 bits per heavy atom. The number of nitrogens with one attached hydrogen (secondary N) is 1. The molecule has 7 heteroatoms. The summed E-state index contributed by atoms with van der Waals surface area (Å²) in [5, 5.41) is 2.77. The Morgan fingerprint density at radius 3 is 2.36 bits per heavy atom. The summed E-state index contributed by atoms with van der Waals surface area (Å²) in [6.07, 6.45) is 1.65. The van der Waals surface area contributed by atoms with Gasteiger partial charge in [0.1, 0.15) is 5.57 Å². The quantitative estimate of drug-likeness (QED) is 0.276. The number of thiocarbonyl (C=S) groups is 1. The van der Waals surface area contributed by atoms with Gasteiger partial charge >= 0.3 is 0 Å². The minimum absolute atomic E-state index is 0.0525. The standard InChI is InChI=1S/C26H24BrN3O2S/c1-14-6-7-15(2)23(10-14)30-25(32)21(24(31)28-26(30)33)13-19-12-17(4)29(18(19)5)20-8-9-22(27)16(3)11-20/h6-13H,1-5H3,(H,28,31,33)/b21-13+. The van der Waals surface area contributed by atoms with E-state index in [2.05, 4.69) is 31.9 Å². The molecule has 2 amide bonds. The highest BCUT2D eigenvalue weighted by Crippen LogP contribution is 2.29. The van der Waals surface area contributed by atoms with Crippen molar-refractivity contribution in [3.05, 3.63) is 86.2 Å². The van der Waals surface area contributed by atoms with Gasteiger partial charge in [0.05, 0.1) is 5.69 Å². The highest BCUT2D eigenvalue weighted by Gasteiger charge is 2.35. The summed E-state index contributed by atoms with van der Waals surface area (Å²) < 4.78 is 3.16. The molecule has 0 atom stereocenters. The molecule has 168 valence electrons. The predicted molar refractivity (Wildman–Crippen MR) is 140 cm³/mol. The van der Waals surface area contributed by atoms with Crippen LogP contribution in [-0.4, -0.2) is 21.5 Å². The summed E-state index contributed by atoms with van der Waals surface area (Å²) in [5.74, 6) is -0.919. The third-order valence-corrected chi connectivity index (χ3v) is 7.05. The van der Waals surface area contributed by atoms with Crippen molar-refractivity contribution in [2.24, 2.45) is 0 Å². The van der Waals surface area contributed by atoms with Gasteiger partial charge in [-0.05, 0) is 105 Å². The number of aromatic nitrogens is 1. The van der Waals surface area contributed by atoms with Crippen LogP contribution in [0, 0.1) is 34.6 Å². The van der Waals surface area contributed by atoms with E-state index in [9.17, 15) is 9.59 Å². The molecule has 4 rings (SSSR count). The number of benzene rings is 2. The van der Waals surface area contributed by atoms with Crippen LogP contribution in [0.1, 0.15) is 33.6 Å². The highest BCUT2D eigenvalue weighted by atomic mass is 79.9. The first-order chi connectivity index (χ1) is 15.6. The Labute approximate surface area is 207 Å². The molecule has 2 aromatic carbocycles. The molecule has 1 aliphatic heterocycles. The van der Waals surface area contributed by atoms with Crippen LogP contribution in [0.3, 0.4) is 0 Å². The SMILES string of the molecule is Cc1ccc(C)c(N2C(=O)/C(=C/c3cc(C)n(-c4ccc(Br)c(C)c4)c3C)C(=O)NC2=S)c1. The van der Waals surface area contributed by atoms with E-state index in [1.54, 1.807) is 6.08 Å². The van der Waals surface area contributed by atoms with Crippen molar-refractivity contribution in [2.45, 2.75) is 34.6 Å². The molecular formula is C26H24BrN3O2S. The van der Waals surface area contributed by atoms with E-state index in [1.807, 2.05) is 71.0 Å². The topological polar surface area (TPSA) is 54.3 Å². The number of aryl methyl sites for hydroxylation is 4. The fourth-order valence-corrected chi connectivity index (χ4v) is 4.61. The number of halogens is 1. The van der Waals surface area contributed by atoms with Crippen molar-refractivity contribution in [1.29, 1.82) is 0 Å². The van der Waals surface area contributed by atoms with Crippen molar-refractivity contribution >= 4 is 56.8 Å². The molecule has 1 aromatic heterocycles. The molecule has 1 N–H and O–H groups in total. The van der Waals surface area contributed by atoms with Crippen molar-refractivity contribution in [1.82, 2.24) is 9.88 Å². The molecule has 3 aromatic rings. The molecule has 2 heterocycles. The van der Waals surface area contributed by atoms with Crippen LogP contribution in [0.4, 0.5) is 5.69 Å². The number of nitrogens with zero attached hydrogens (tertiary/aromatic N) is 2. The first kappa shape index (κ1) is 23.1. The Kier molecular flexibility index (Phi) is 6.12. The second-order valence-corrected chi connectivity index (χ2v) is 9.58. The zero-order chi connectivity index (χ0) is 24.0. The van der Waals surface area contributed by atoms with E-state index in [0.717, 1.165) is 43.8 Å². The number of anilines is 1. The minimum atomic E-state index is -0.490. The van der Waals surface area contributed by atoms with Gasteiger partial charge in [-0.25, -0.2) is 0 Å². The second kappa shape index (κ2) is 8.72. The number of amides is 2. The summed E-state index contributed by atoms with van der Waals surface area (Å²) in [7, 11) is 0. The van der Waals surface area contributed by atoms with Crippen LogP contribution in [-0.2, 0) is 9.59 Å². The lowest BCUT2D eigenvalue weighted by atomic mass is 10.0. The average molecular weight is 522 g/mol. The highest BCUT2D eigenvalue weighted by molar-refractivity contribution is 9.10. The van der Waals surface area contributed by atoms with Gasteiger partial charge in [0.15, 0.2) is 5.11 Å². The van der Waals surface area contributed by atoms with Crippen molar-refractivity contribution < 1.29 is 9.59 Å². The first-order valence-corrected chi connectivity index (χ1v) is 11.7. The van der Waals surface area contributed by atoms with Gasteiger partial charge in [-0.1, -0.05) is 28.1 Å². The van der Waals surface area contributed by atoms with Crippen LogP contribution in [0.2, 0.25) is 0 Å². The number of hydrogen-bond donors (Lipinski definition) is 1. The van der Waals surface area contributed by atoms with Gasteiger partial charge in [-0.2, -0.15) is 0 Å². The van der Waals surface area contributed by atoms with E-state index < -0.39 is 11.8 Å². The van der Waals surface area contributed by atoms with Gasteiger partial charge in [0.2, 0.25) is 0 Å². The van der Waals surface area contributed by atoms with E-state index in [4.69, 9.17) is 12.2 Å². The molecular weight excluding hydrogens is 498 g/mol. The number of hydrogen-bond acceptors (Lipinski definition) is 3. The molecule has 5 nitrogen and oxygen atoms in total. The van der Waals surface area contributed by atoms with Gasteiger partial charge in [0.25, 0.3) is 11.8 Å². The monoisotopic (exact) mass is 521 g/mol. The molecule has 0 aliphatic carbocycles. The third kappa shape index (κ3) is 4.18. The van der Waals surface area contributed by atoms with E-state index in [1.165, 1.54) is 4.90 Å². The zero-order valence-electron chi connectivity index (χ0n) is 19.1. The molecule has 0 bridgehead atoms. The number of carbonyl (C=O) groups excluding carboxylic acids is 2. The Morgan fingerprint density at radius 1 is 0.939 bits per heavy atom. The fourth-order valence-electron chi connectivity index (χ4n) is 4.09. The molecule has 1 aliphatic rings. The number of rotatable bonds is 3. The van der Waals surface area contributed by atoms with Gasteiger partial charge < -0.3 is 4.57 Å². The van der Waals surface area contributed by atoms with Crippen LogP contribution >= 0.6 is 28.1 Å². The summed E-state index contributed by atoms with van der Waals surface area (Å²) in [6.45, 7) is 9.90. The van der Waals surface area contributed by atoms with Crippen molar-refractivity contribution in [3.8, 4) is 5.69 Å². The molecule has 1 fully saturated rings. The van der Waals surface area contributed by atoms with E-state index in [0.29, 0.717) is 5.69 Å². The smallest absolute Gasteiger partial charge is 0.270 e. The van der Waals surface area contributed by atoms with Gasteiger partial charge in [-0.3, -0.25) is 19.8 Å². The zero-order valence-corrected chi connectivity index (χ0v) is 21.5. The number of carbonyl (C=O) groups is 2. The maximum Gasteiger partial charge on any atom is 0.270 e. The minimum Gasteiger partial charge on any atom is -0.318 e. The summed E-state index contributed by atoms with van der Waals surface area (Å²) in [4.78, 5) is 27.6. The normalized spacial score (nSPS) is 15.4. The average Bonchev–Trinajstić information content (AvgIpc) is 3.02. The lowest BCUT2D eigenvalue weighted by Crippen LogP contribution is -2.54. The summed E-state index contributed by atoms with van der Waals surface area (Å²) in [5.41, 5.74) is 7.52. The molecule has 0 unspecified atom stereocenters. The molecule has 0 radical (unpaired) electrons. The van der Waals surface area contributed by atoms with Crippen molar-refractivity contribution in [3.63, 3.8) is 0 Å². The molecule has 0 saturated carbocycles. The van der Waals surface area contributed by atoms with E-state index in [-0.39, 0.29) is 10.7 Å². The third-order valence-electron chi connectivity index (χ3n) is 5.88. The Balaban J connectivity index is 1.79. The Hall–Kier alpha value is -3.03. The van der Waals surface area contributed by atoms with Crippen LogP contribution in [0.25, 0.3) is 11.8 Å². The van der Waals surface area contributed by atoms with E-state index >= 15 is 0 Å². The molecule has 1 saturated heterocycles. The van der Waals surface area contributed by atoms with Crippen molar-refractivity contribution in [2.75, 3.05) is 4.90 Å². The maximum absolute atomic E-state index is 13.5. The maximum atomic E-state index is 13.5. The lowest BCUT2D eigenvalue weighted by Gasteiger charge is -2.30. The lowest BCUT2D eigenvalue weighted by molar-refractivity contribution is -0.122. The Bertz CT molecular complexity index is 1370. The van der Waals surface area contributed by atoms with Gasteiger partial charge in [-0.15, -0.1) is 0 Å². The fraction of sp³-hybridized carbons (Fsp3) is 0.192. The summed E-state index contributed by atoms with van der Waals surface area (Å²) in [6, 6.07) is 13.9. The van der Waals surface area contributed by atoms with Crippen LogP contribution in [0.15, 0.2) is 52.5 Å².